The molecular formula is C20H23F2N3O3S. The van der Waals surface area contributed by atoms with Gasteiger partial charge in [0.05, 0.1) is 10.5 Å². The maximum atomic E-state index is 13.6. The Morgan fingerprint density at radius 3 is 2.31 bits per heavy atom. The van der Waals surface area contributed by atoms with Crippen LogP contribution < -0.4 is 5.32 Å². The molecule has 1 aliphatic heterocycles. The summed E-state index contributed by atoms with van der Waals surface area (Å²) in [4.78, 5) is 14.3. The van der Waals surface area contributed by atoms with Gasteiger partial charge in [-0.1, -0.05) is 17.7 Å². The van der Waals surface area contributed by atoms with Crippen molar-refractivity contribution in [2.24, 2.45) is 0 Å². The van der Waals surface area contributed by atoms with Gasteiger partial charge in [0, 0.05) is 45.3 Å². The average Bonchev–Trinajstić information content (AvgIpc) is 2.68. The van der Waals surface area contributed by atoms with Gasteiger partial charge in [-0.25, -0.2) is 17.2 Å². The topological polar surface area (TPSA) is 69.7 Å². The zero-order valence-electron chi connectivity index (χ0n) is 16.1. The molecule has 9 heteroatoms. The number of benzene rings is 2. The second-order valence-electron chi connectivity index (χ2n) is 6.94. The first-order chi connectivity index (χ1) is 13.8. The fourth-order valence-corrected chi connectivity index (χ4v) is 4.57. The summed E-state index contributed by atoms with van der Waals surface area (Å²) in [5.41, 5.74) is 0.789. The first kappa shape index (κ1) is 21.4. The predicted molar refractivity (Wildman–Crippen MR) is 105 cm³/mol. The molecule has 1 fully saturated rings. The fraction of sp³-hybridized carbons (Fsp3) is 0.350. The van der Waals surface area contributed by atoms with E-state index < -0.39 is 27.6 Å². The zero-order chi connectivity index (χ0) is 21.0. The molecular weight excluding hydrogens is 400 g/mol. The van der Waals surface area contributed by atoms with Crippen LogP contribution in [0.1, 0.15) is 15.9 Å². The van der Waals surface area contributed by atoms with Crippen LogP contribution in [0, 0.1) is 18.6 Å². The molecule has 0 saturated carbocycles. The van der Waals surface area contributed by atoms with Gasteiger partial charge in [0.25, 0.3) is 5.91 Å². The van der Waals surface area contributed by atoms with Crippen LogP contribution in [0.25, 0.3) is 0 Å². The Labute approximate surface area is 169 Å². The number of halogens is 2. The molecule has 0 unspecified atom stereocenters. The Bertz CT molecular complexity index is 973. The van der Waals surface area contributed by atoms with Crippen LogP contribution in [0.4, 0.5) is 8.78 Å². The molecule has 2 aromatic carbocycles. The van der Waals surface area contributed by atoms with Crippen molar-refractivity contribution in [1.82, 2.24) is 14.5 Å². The van der Waals surface area contributed by atoms with Crippen molar-refractivity contribution >= 4 is 15.9 Å². The van der Waals surface area contributed by atoms with Gasteiger partial charge in [-0.05, 0) is 31.2 Å². The van der Waals surface area contributed by atoms with E-state index >= 15 is 0 Å². The Morgan fingerprint density at radius 2 is 1.69 bits per heavy atom. The lowest BCUT2D eigenvalue weighted by Gasteiger charge is -2.34. The van der Waals surface area contributed by atoms with E-state index in [-0.39, 0.29) is 17.0 Å². The van der Waals surface area contributed by atoms with E-state index in [4.69, 9.17) is 0 Å². The number of amides is 1. The van der Waals surface area contributed by atoms with Gasteiger partial charge in [0.2, 0.25) is 10.0 Å². The molecule has 2 aromatic rings. The van der Waals surface area contributed by atoms with Crippen LogP contribution in [0.5, 0.6) is 0 Å². The zero-order valence-corrected chi connectivity index (χ0v) is 16.9. The summed E-state index contributed by atoms with van der Waals surface area (Å²) in [6, 6.07) is 9.58. The lowest BCUT2D eigenvalue weighted by atomic mass is 10.2. The molecule has 0 aromatic heterocycles. The SMILES string of the molecule is Cc1ccc(S(=O)(=O)N2CCN(CCNC(=O)c3ccc(F)cc3F)CC2)cc1. The highest BCUT2D eigenvalue weighted by molar-refractivity contribution is 7.89. The van der Waals surface area contributed by atoms with E-state index in [2.05, 4.69) is 5.32 Å². The molecule has 1 saturated heterocycles. The van der Waals surface area contributed by atoms with Gasteiger partial charge < -0.3 is 5.32 Å². The highest BCUT2D eigenvalue weighted by Gasteiger charge is 2.28. The normalized spacial score (nSPS) is 16.0. The van der Waals surface area contributed by atoms with Crippen LogP contribution in [0.3, 0.4) is 0 Å². The molecule has 6 nitrogen and oxygen atoms in total. The highest BCUT2D eigenvalue weighted by atomic mass is 32.2. The van der Waals surface area contributed by atoms with Gasteiger partial charge >= 0.3 is 0 Å². The Hall–Kier alpha value is -2.36. The number of nitrogens with one attached hydrogen (secondary N) is 1. The number of carbonyl (C=O) groups is 1. The Balaban J connectivity index is 1.47. The van der Waals surface area contributed by atoms with Gasteiger partial charge in [0.15, 0.2) is 0 Å². The average molecular weight is 423 g/mol. The number of aryl methyl sites for hydroxylation is 1. The van der Waals surface area contributed by atoms with E-state index in [0.29, 0.717) is 38.8 Å². The monoisotopic (exact) mass is 423 g/mol. The smallest absolute Gasteiger partial charge is 0.254 e. The van der Waals surface area contributed by atoms with Crippen molar-refractivity contribution in [2.45, 2.75) is 11.8 Å². The largest absolute Gasteiger partial charge is 0.351 e. The third-order valence-corrected chi connectivity index (χ3v) is 6.79. The third-order valence-electron chi connectivity index (χ3n) is 4.88. The highest BCUT2D eigenvalue weighted by Crippen LogP contribution is 2.18. The number of sulfonamides is 1. The second-order valence-corrected chi connectivity index (χ2v) is 8.88. The molecule has 1 aliphatic rings. The number of hydrogen-bond donors (Lipinski definition) is 1. The van der Waals surface area contributed by atoms with Crippen LogP contribution >= 0.6 is 0 Å². The lowest BCUT2D eigenvalue weighted by Crippen LogP contribution is -2.50. The molecule has 156 valence electrons. The minimum Gasteiger partial charge on any atom is -0.351 e. The fourth-order valence-electron chi connectivity index (χ4n) is 3.15. The van der Waals surface area contributed by atoms with E-state index in [1.54, 1.807) is 24.3 Å². The number of carbonyl (C=O) groups excluding carboxylic acids is 1. The van der Waals surface area contributed by atoms with Crippen LogP contribution in [0.2, 0.25) is 0 Å². The number of rotatable bonds is 6. The first-order valence-electron chi connectivity index (χ1n) is 9.30. The van der Waals surface area contributed by atoms with Crippen molar-refractivity contribution in [3.05, 3.63) is 65.2 Å². The molecule has 0 atom stereocenters. The predicted octanol–water partition coefficient (Wildman–Crippen LogP) is 2.01. The quantitative estimate of drug-likeness (QED) is 0.772. The summed E-state index contributed by atoms with van der Waals surface area (Å²) in [5.74, 6) is -2.25. The maximum absolute atomic E-state index is 13.6. The van der Waals surface area contributed by atoms with Crippen molar-refractivity contribution in [2.75, 3.05) is 39.3 Å². The summed E-state index contributed by atoms with van der Waals surface area (Å²) in [5, 5.41) is 2.60. The minimum absolute atomic E-state index is 0.208. The minimum atomic E-state index is -3.52. The molecule has 0 bridgehead atoms. The van der Waals surface area contributed by atoms with Gasteiger partial charge in [-0.3, -0.25) is 9.69 Å². The van der Waals surface area contributed by atoms with Gasteiger partial charge in [-0.15, -0.1) is 0 Å². The molecule has 3 rings (SSSR count). The second kappa shape index (κ2) is 8.98. The van der Waals surface area contributed by atoms with Gasteiger partial charge in [0.1, 0.15) is 11.6 Å². The van der Waals surface area contributed by atoms with Crippen LogP contribution in [0.15, 0.2) is 47.4 Å². The number of piperazine rings is 1. The van der Waals surface area contributed by atoms with Gasteiger partial charge in [-0.2, -0.15) is 4.31 Å². The summed E-state index contributed by atoms with van der Waals surface area (Å²) in [6.45, 7) is 4.47. The molecule has 0 radical (unpaired) electrons. The first-order valence-corrected chi connectivity index (χ1v) is 10.7. The number of nitrogens with zero attached hydrogens (tertiary/aromatic N) is 2. The lowest BCUT2D eigenvalue weighted by molar-refractivity contribution is 0.0941. The van der Waals surface area contributed by atoms with Crippen LogP contribution in [-0.2, 0) is 10.0 Å². The molecule has 29 heavy (non-hydrogen) atoms. The van der Waals surface area contributed by atoms with E-state index in [0.717, 1.165) is 17.7 Å². The number of hydrogen-bond acceptors (Lipinski definition) is 4. The van der Waals surface area contributed by atoms with Crippen LogP contribution in [-0.4, -0.2) is 62.8 Å². The molecule has 0 aliphatic carbocycles. The maximum Gasteiger partial charge on any atom is 0.254 e. The molecule has 1 N–H and O–H groups in total. The van der Waals surface area contributed by atoms with Crippen molar-refractivity contribution in [3.8, 4) is 0 Å². The van der Waals surface area contributed by atoms with E-state index in [1.807, 2.05) is 11.8 Å². The van der Waals surface area contributed by atoms with Crippen molar-refractivity contribution < 1.29 is 22.0 Å². The molecule has 1 heterocycles. The van der Waals surface area contributed by atoms with E-state index in [1.165, 1.54) is 4.31 Å². The summed E-state index contributed by atoms with van der Waals surface area (Å²) in [7, 11) is -3.52. The standard InChI is InChI=1S/C20H23F2N3O3S/c1-15-2-5-17(6-3-15)29(27,28)25-12-10-24(11-13-25)9-8-23-20(26)18-7-4-16(21)14-19(18)22/h2-7,14H,8-13H2,1H3,(H,23,26). The molecule has 1 amide bonds. The van der Waals surface area contributed by atoms with Crippen molar-refractivity contribution in [1.29, 1.82) is 0 Å². The Kier molecular flexibility index (Phi) is 6.61. The summed E-state index contributed by atoms with van der Waals surface area (Å²) >= 11 is 0. The Morgan fingerprint density at radius 1 is 1.03 bits per heavy atom. The van der Waals surface area contributed by atoms with E-state index in [9.17, 15) is 22.0 Å². The van der Waals surface area contributed by atoms with Crippen molar-refractivity contribution in [3.63, 3.8) is 0 Å². The summed E-state index contributed by atoms with van der Waals surface area (Å²) in [6.07, 6.45) is 0. The third kappa shape index (κ3) is 5.17. The molecule has 0 spiro atoms. The summed E-state index contributed by atoms with van der Waals surface area (Å²) < 4.78 is 53.4.